The van der Waals surface area contributed by atoms with Crippen molar-refractivity contribution >= 4 is 23.6 Å². The van der Waals surface area contributed by atoms with Crippen LogP contribution in [0.4, 0.5) is 0 Å². The molecule has 0 spiro atoms. The Labute approximate surface area is 386 Å². The highest BCUT2D eigenvalue weighted by Crippen LogP contribution is 2.34. The molecule has 1 unspecified atom stereocenters. The molecule has 30 heteroatoms. The van der Waals surface area contributed by atoms with Gasteiger partial charge in [0, 0.05) is 27.7 Å². The van der Waals surface area contributed by atoms with E-state index in [0.29, 0.717) is 0 Å². The number of hydrogen-bond donors (Lipinski definition) is 17. The molecule has 5 fully saturated rings. The summed E-state index contributed by atoms with van der Waals surface area (Å²) in [5.74, 6) is -2.97. The average molecular weight is 993 g/mol. The fraction of sp³-hybridized carbons (Fsp3) is 0.895. The van der Waals surface area contributed by atoms with Crippen molar-refractivity contribution in [2.75, 3.05) is 33.0 Å². The molecule has 0 aromatic heterocycles. The number of carbonyl (C=O) groups excluding carboxylic acids is 4. The minimum absolute atomic E-state index is 0.689. The topological polar surface area (TPSA) is 462 Å². The molecule has 5 saturated heterocycles. The molecule has 0 aromatic carbocycles. The Morgan fingerprint density at radius 1 is 0.382 bits per heavy atom. The summed E-state index contributed by atoms with van der Waals surface area (Å²) in [6.07, 6.45) is -38.0. The van der Waals surface area contributed by atoms with E-state index in [1.807, 2.05) is 0 Å². The Morgan fingerprint density at radius 2 is 0.706 bits per heavy atom. The maximum absolute atomic E-state index is 12.4. The van der Waals surface area contributed by atoms with Gasteiger partial charge in [0.15, 0.2) is 31.5 Å². The van der Waals surface area contributed by atoms with Crippen molar-refractivity contribution in [1.82, 2.24) is 21.3 Å². The molecule has 0 aromatic rings. The quantitative estimate of drug-likeness (QED) is 0.0643. The van der Waals surface area contributed by atoms with E-state index in [9.17, 15) is 85.6 Å². The monoisotopic (exact) mass is 992 g/mol. The predicted molar refractivity (Wildman–Crippen MR) is 213 cm³/mol. The minimum Gasteiger partial charge on any atom is -0.394 e. The van der Waals surface area contributed by atoms with E-state index >= 15 is 0 Å². The summed E-state index contributed by atoms with van der Waals surface area (Å²) >= 11 is 0. The lowest BCUT2D eigenvalue weighted by Crippen LogP contribution is -2.70. The van der Waals surface area contributed by atoms with Gasteiger partial charge in [-0.25, -0.2) is 0 Å². The zero-order valence-electron chi connectivity index (χ0n) is 37.1. The smallest absolute Gasteiger partial charge is 0.217 e. The van der Waals surface area contributed by atoms with Crippen molar-refractivity contribution < 1.29 is 128 Å². The van der Waals surface area contributed by atoms with Crippen LogP contribution in [0.3, 0.4) is 0 Å². The van der Waals surface area contributed by atoms with Crippen LogP contribution >= 0.6 is 0 Å². The molecule has 0 saturated carbocycles. The molecule has 392 valence electrons. The van der Waals surface area contributed by atoms with Crippen LogP contribution in [-0.2, 0) is 61.8 Å². The number of carbonyl (C=O) groups is 4. The molecular weight excluding hydrogens is 928 g/mol. The number of amides is 4. The lowest BCUT2D eigenvalue weighted by molar-refractivity contribution is -0.371. The fourth-order valence-electron chi connectivity index (χ4n) is 8.44. The van der Waals surface area contributed by atoms with E-state index in [0.717, 1.165) is 27.7 Å². The van der Waals surface area contributed by atoms with Crippen molar-refractivity contribution in [3.63, 3.8) is 0 Å². The van der Waals surface area contributed by atoms with Gasteiger partial charge < -0.3 is 130 Å². The Morgan fingerprint density at radius 3 is 1.10 bits per heavy atom. The van der Waals surface area contributed by atoms with Crippen LogP contribution in [0.15, 0.2) is 0 Å². The van der Waals surface area contributed by atoms with Crippen LogP contribution in [0.5, 0.6) is 0 Å². The third kappa shape index (κ3) is 12.9. The summed E-state index contributed by atoms with van der Waals surface area (Å²) < 4.78 is 52.0. The number of nitrogens with one attached hydrogen (secondary N) is 4. The molecule has 17 N–H and O–H groups in total. The molecule has 5 rings (SSSR count). The van der Waals surface area contributed by atoms with Crippen LogP contribution in [0.1, 0.15) is 27.7 Å². The number of hydrogen-bond acceptors (Lipinski definition) is 26. The first-order valence-electron chi connectivity index (χ1n) is 21.6. The Balaban J connectivity index is 1.47. The molecule has 0 bridgehead atoms. The van der Waals surface area contributed by atoms with Crippen LogP contribution in [0.2, 0.25) is 0 Å². The van der Waals surface area contributed by atoms with Crippen molar-refractivity contribution in [2.24, 2.45) is 0 Å². The standard InChI is InChI=1S/C38H64N4O26/c1-10(46)39-19-28(55)23(50)14(5-43)63-35(19)60-8-17-26(53)32(22(34(59)62-17)42-13(4)49)67-38-31(58)33(68-37-21(41-12(3)48)30(57)25(52)16(7-45)65-37)27(54)18(66-38)9-61-36-20(40-11(2)47)29(56)24(51)15(6-44)64-36/h14-38,43-45,50-59H,5-9H2,1-4H3,(H,39,46)(H,40,47)(H,41,48)(H,42,49)/t14-,15-,16-,17-,18-,19-,20-,21-,22-,23-,24-,25-,26+,27+,28-,29-,30-,31-,32-,33+,34?,35-,36-,37+,38+/m1/s1. The van der Waals surface area contributed by atoms with Crippen LogP contribution in [0, 0.1) is 0 Å². The molecule has 5 heterocycles. The molecule has 0 aliphatic carbocycles. The third-order valence-corrected chi connectivity index (χ3v) is 11.9. The van der Waals surface area contributed by atoms with Gasteiger partial charge in [-0.2, -0.15) is 0 Å². The van der Waals surface area contributed by atoms with Gasteiger partial charge in [0.1, 0.15) is 122 Å². The van der Waals surface area contributed by atoms with E-state index in [-0.39, 0.29) is 0 Å². The van der Waals surface area contributed by atoms with E-state index in [2.05, 4.69) is 21.3 Å². The number of aliphatic hydroxyl groups excluding tert-OH is 13. The molecule has 25 atom stereocenters. The first-order valence-corrected chi connectivity index (χ1v) is 21.6. The summed E-state index contributed by atoms with van der Waals surface area (Å²) in [5.41, 5.74) is 0. The van der Waals surface area contributed by atoms with Gasteiger partial charge >= 0.3 is 0 Å². The predicted octanol–water partition coefficient (Wildman–Crippen LogP) is -11.3. The fourth-order valence-corrected chi connectivity index (χ4v) is 8.44. The van der Waals surface area contributed by atoms with Crippen LogP contribution < -0.4 is 21.3 Å². The lowest BCUT2D eigenvalue weighted by atomic mass is 9.94. The highest BCUT2D eigenvalue weighted by molar-refractivity contribution is 5.74. The van der Waals surface area contributed by atoms with Crippen molar-refractivity contribution in [3.05, 3.63) is 0 Å². The molecule has 30 nitrogen and oxygen atoms in total. The zero-order valence-corrected chi connectivity index (χ0v) is 37.1. The van der Waals surface area contributed by atoms with Crippen molar-refractivity contribution in [2.45, 2.75) is 181 Å². The highest BCUT2D eigenvalue weighted by Gasteiger charge is 2.56. The minimum atomic E-state index is -2.22. The van der Waals surface area contributed by atoms with Crippen LogP contribution in [0.25, 0.3) is 0 Å². The molecule has 68 heavy (non-hydrogen) atoms. The van der Waals surface area contributed by atoms with Gasteiger partial charge in [-0.1, -0.05) is 0 Å². The van der Waals surface area contributed by atoms with Gasteiger partial charge in [-0.15, -0.1) is 0 Å². The normalized spacial score (nSPS) is 45.5. The second-order valence-electron chi connectivity index (χ2n) is 17.0. The zero-order chi connectivity index (χ0) is 50.5. The van der Waals surface area contributed by atoms with E-state index < -0.39 is 210 Å². The summed E-state index contributed by atoms with van der Waals surface area (Å²) in [4.78, 5) is 48.7. The Bertz CT molecular complexity index is 1680. The third-order valence-electron chi connectivity index (χ3n) is 11.9. The van der Waals surface area contributed by atoms with Gasteiger partial charge in [0.05, 0.1) is 33.0 Å². The largest absolute Gasteiger partial charge is 0.394 e. The maximum atomic E-state index is 12.4. The van der Waals surface area contributed by atoms with E-state index in [4.69, 9.17) is 42.6 Å². The number of ether oxygens (including phenoxy) is 9. The van der Waals surface area contributed by atoms with Crippen molar-refractivity contribution in [3.8, 4) is 0 Å². The summed E-state index contributed by atoms with van der Waals surface area (Å²) in [6.45, 7) is 0.0945. The van der Waals surface area contributed by atoms with Gasteiger partial charge in [0.2, 0.25) is 23.6 Å². The molecule has 4 amide bonds. The van der Waals surface area contributed by atoms with Gasteiger partial charge in [-0.05, 0) is 0 Å². The summed E-state index contributed by atoms with van der Waals surface area (Å²) in [5, 5.41) is 150. The second kappa shape index (κ2) is 24.4. The van der Waals surface area contributed by atoms with Crippen LogP contribution in [-0.4, -0.2) is 276 Å². The summed E-state index contributed by atoms with van der Waals surface area (Å²) in [7, 11) is 0. The van der Waals surface area contributed by atoms with Crippen molar-refractivity contribution in [1.29, 1.82) is 0 Å². The summed E-state index contributed by atoms with van der Waals surface area (Å²) in [6, 6.07) is -6.28. The van der Waals surface area contributed by atoms with Gasteiger partial charge in [0.25, 0.3) is 0 Å². The average Bonchev–Trinajstić information content (AvgIpc) is 3.27. The van der Waals surface area contributed by atoms with E-state index in [1.165, 1.54) is 0 Å². The molecular formula is C38H64N4O26. The first kappa shape index (κ1) is 55.9. The molecule has 0 radical (unpaired) electrons. The SMILES string of the molecule is CC(=O)N[C@H]1[C@H](OC[C@H]2O[C@@H](O[C@H]3[C@@H](O)[C@@H](CO[C@@H]4O[C@H](CO)[C@@H](O)[C@H](O)[C@H]4NC(C)=O)OC(O)[C@@H]3NC(C)=O)[C@H](O)[C@@H](O[C@@H]3O[C@H](CO)[C@@H](O)[C@H](O)[C@H]3NC(C)=O)[C@H]2O)O[C@H](CO)[C@@H](O)[C@@H]1O. The molecule has 5 aliphatic heterocycles. The second-order valence-corrected chi connectivity index (χ2v) is 17.0. The Kier molecular flexibility index (Phi) is 20.1. The molecule has 5 aliphatic rings. The highest BCUT2D eigenvalue weighted by atomic mass is 16.8. The number of rotatable bonds is 17. The lowest BCUT2D eigenvalue weighted by Gasteiger charge is -2.49. The van der Waals surface area contributed by atoms with E-state index in [1.54, 1.807) is 0 Å². The first-order chi connectivity index (χ1) is 32.0. The Hall–Kier alpha value is -3.00. The number of aliphatic hydroxyl groups is 13. The van der Waals surface area contributed by atoms with Gasteiger partial charge in [-0.3, -0.25) is 19.2 Å². The maximum Gasteiger partial charge on any atom is 0.217 e.